The molecule has 1 saturated carbocycles. The molecule has 53 heavy (non-hydrogen) atoms. The molecule has 7 rings (SSSR count). The Labute approximate surface area is 314 Å². The number of carbonyl (C=O) groups is 3. The number of hydrogen-bond donors (Lipinski definition) is 3. The highest BCUT2D eigenvalue weighted by Crippen LogP contribution is 2.39. The summed E-state index contributed by atoms with van der Waals surface area (Å²) in [7, 11) is 0. The molecule has 2 aromatic carbocycles. The molecule has 274 valence electrons. The first kappa shape index (κ1) is 36.2. The molecule has 3 aliphatic rings. The number of nitrogens with zero attached hydrogens (tertiary/aromatic N) is 5. The summed E-state index contributed by atoms with van der Waals surface area (Å²) >= 11 is 1.71. The van der Waals surface area contributed by atoms with Gasteiger partial charge in [0.15, 0.2) is 5.82 Å². The monoisotopic (exact) mass is 730 g/mol. The van der Waals surface area contributed by atoms with Crippen molar-refractivity contribution in [3.8, 4) is 16.8 Å². The molecule has 4 heterocycles. The lowest BCUT2D eigenvalue weighted by molar-refractivity contribution is -0.119. The van der Waals surface area contributed by atoms with Crippen molar-refractivity contribution in [3.63, 3.8) is 0 Å². The Morgan fingerprint density at radius 3 is 2.45 bits per heavy atom. The Bertz CT molecular complexity index is 2130. The normalized spacial score (nSPS) is 20.5. The van der Waals surface area contributed by atoms with Crippen molar-refractivity contribution in [2.45, 2.75) is 104 Å². The van der Waals surface area contributed by atoms with Crippen molar-refractivity contribution in [2.75, 3.05) is 11.4 Å². The number of rotatable bonds is 7. The lowest BCUT2D eigenvalue weighted by Crippen LogP contribution is -2.48. The molecule has 1 aliphatic carbocycles. The summed E-state index contributed by atoms with van der Waals surface area (Å²) in [5.41, 5.74) is 6.74. The number of aryl methyl sites for hydroxylation is 2. The Kier molecular flexibility index (Phi) is 10.6. The SMILES string of the molecule is CCC(=O)N1c2ccccc2[C@H](NC2CCC(NC(=O)C#CCNC(=O)c3ccc(C4=NCc5nnc(C)n5-c5sc(C)c(C)c54)cc3)CC2)C[C@@H]1C. The average molecular weight is 731 g/mol. The van der Waals surface area contributed by atoms with E-state index in [4.69, 9.17) is 4.99 Å². The van der Waals surface area contributed by atoms with Gasteiger partial charge in [-0.25, -0.2) is 0 Å². The number of thiophene rings is 1. The first-order valence-electron chi connectivity index (χ1n) is 18.5. The number of nitrogens with one attached hydrogen (secondary N) is 3. The molecule has 4 aromatic rings. The van der Waals surface area contributed by atoms with Gasteiger partial charge in [0.2, 0.25) is 5.91 Å². The van der Waals surface area contributed by atoms with Crippen molar-refractivity contribution in [1.29, 1.82) is 0 Å². The fourth-order valence-corrected chi connectivity index (χ4v) is 9.07. The number of hydrogen-bond acceptors (Lipinski definition) is 8. The van der Waals surface area contributed by atoms with Gasteiger partial charge in [-0.1, -0.05) is 43.2 Å². The highest BCUT2D eigenvalue weighted by atomic mass is 32.1. The Hall–Kier alpha value is -5.12. The quantitative estimate of drug-likeness (QED) is 0.211. The Balaban J connectivity index is 0.883. The van der Waals surface area contributed by atoms with E-state index >= 15 is 0 Å². The summed E-state index contributed by atoms with van der Waals surface area (Å²) in [5, 5.41) is 19.4. The van der Waals surface area contributed by atoms with E-state index in [9.17, 15) is 14.4 Å². The van der Waals surface area contributed by atoms with Crippen molar-refractivity contribution >= 4 is 40.5 Å². The van der Waals surface area contributed by atoms with Crippen LogP contribution in [0.15, 0.2) is 53.5 Å². The van der Waals surface area contributed by atoms with Gasteiger partial charge in [0.1, 0.15) is 17.4 Å². The molecule has 12 heteroatoms. The molecular formula is C41H46N8O3S. The van der Waals surface area contributed by atoms with Crippen LogP contribution in [0.25, 0.3) is 5.00 Å². The van der Waals surface area contributed by atoms with Crippen molar-refractivity contribution in [2.24, 2.45) is 4.99 Å². The van der Waals surface area contributed by atoms with Crippen LogP contribution in [-0.2, 0) is 16.1 Å². The first-order chi connectivity index (χ1) is 25.6. The topological polar surface area (TPSA) is 134 Å². The molecule has 3 N–H and O–H groups in total. The molecule has 3 amide bonds. The zero-order valence-corrected chi connectivity index (χ0v) is 31.8. The van der Waals surface area contributed by atoms with Crippen LogP contribution in [0.5, 0.6) is 0 Å². The molecule has 0 spiro atoms. The van der Waals surface area contributed by atoms with Crippen LogP contribution in [-0.4, -0.2) is 62.9 Å². The summed E-state index contributed by atoms with van der Waals surface area (Å²) < 4.78 is 2.09. The molecule has 1 fully saturated rings. The molecular weight excluding hydrogens is 685 g/mol. The van der Waals surface area contributed by atoms with Gasteiger partial charge in [0.05, 0.1) is 12.3 Å². The number of anilines is 1. The van der Waals surface area contributed by atoms with Gasteiger partial charge in [-0.2, -0.15) is 0 Å². The molecule has 2 atom stereocenters. The van der Waals surface area contributed by atoms with Gasteiger partial charge in [0, 0.05) is 57.8 Å². The van der Waals surface area contributed by atoms with Crippen LogP contribution < -0.4 is 20.9 Å². The van der Waals surface area contributed by atoms with Crippen molar-refractivity contribution < 1.29 is 14.4 Å². The predicted molar refractivity (Wildman–Crippen MR) is 208 cm³/mol. The lowest BCUT2D eigenvalue weighted by atomic mass is 9.87. The maximum absolute atomic E-state index is 12.9. The average Bonchev–Trinajstić information content (AvgIpc) is 3.61. The van der Waals surface area contributed by atoms with E-state index < -0.39 is 0 Å². The van der Waals surface area contributed by atoms with Crippen LogP contribution >= 0.6 is 11.3 Å². The third-order valence-corrected chi connectivity index (χ3v) is 11.9. The third-order valence-electron chi connectivity index (χ3n) is 10.7. The number of amides is 3. The van der Waals surface area contributed by atoms with E-state index in [1.807, 2.05) is 43.0 Å². The van der Waals surface area contributed by atoms with Crippen LogP contribution in [0.1, 0.15) is 108 Å². The summed E-state index contributed by atoms with van der Waals surface area (Å²) in [6, 6.07) is 16.4. The summed E-state index contributed by atoms with van der Waals surface area (Å²) in [5.74, 6) is 6.65. The summed E-state index contributed by atoms with van der Waals surface area (Å²) in [6.07, 6.45) is 4.98. The van der Waals surface area contributed by atoms with E-state index in [0.717, 1.165) is 71.3 Å². The fourth-order valence-electron chi connectivity index (χ4n) is 7.84. The number of carbonyl (C=O) groups excluding carboxylic acids is 3. The van der Waals surface area contributed by atoms with Gasteiger partial charge >= 0.3 is 0 Å². The molecule has 2 aliphatic heterocycles. The maximum atomic E-state index is 12.9. The zero-order valence-electron chi connectivity index (χ0n) is 31.0. The highest BCUT2D eigenvalue weighted by molar-refractivity contribution is 7.15. The minimum atomic E-state index is -0.328. The number of aromatic nitrogens is 3. The first-order valence-corrected chi connectivity index (χ1v) is 19.4. The lowest BCUT2D eigenvalue weighted by Gasteiger charge is -2.41. The van der Waals surface area contributed by atoms with E-state index in [0.29, 0.717) is 24.6 Å². The summed E-state index contributed by atoms with van der Waals surface area (Å²) in [6.45, 7) is 10.7. The van der Waals surface area contributed by atoms with E-state index in [2.05, 4.69) is 75.5 Å². The van der Waals surface area contributed by atoms with Crippen LogP contribution in [0.3, 0.4) is 0 Å². The second kappa shape index (κ2) is 15.5. The second-order valence-corrected chi connectivity index (χ2v) is 15.4. The number of fused-ring (bicyclic) bond motifs is 4. The van der Waals surface area contributed by atoms with Gasteiger partial charge in [0.25, 0.3) is 11.8 Å². The molecule has 2 aromatic heterocycles. The Morgan fingerprint density at radius 2 is 1.70 bits per heavy atom. The molecule has 0 unspecified atom stereocenters. The smallest absolute Gasteiger partial charge is 0.296 e. The third kappa shape index (κ3) is 7.41. The molecule has 0 saturated heterocycles. The van der Waals surface area contributed by atoms with E-state index in [1.165, 1.54) is 16.0 Å². The number of benzene rings is 2. The van der Waals surface area contributed by atoms with Gasteiger partial charge in [-0.15, -0.1) is 21.5 Å². The van der Waals surface area contributed by atoms with Gasteiger partial charge in [-0.3, -0.25) is 23.9 Å². The predicted octanol–water partition coefficient (Wildman–Crippen LogP) is 5.63. The molecule has 0 radical (unpaired) electrons. The van der Waals surface area contributed by atoms with Gasteiger partial charge < -0.3 is 20.9 Å². The van der Waals surface area contributed by atoms with Crippen LogP contribution in [0.2, 0.25) is 0 Å². The van der Waals surface area contributed by atoms with E-state index in [-0.39, 0.29) is 42.4 Å². The minimum Gasteiger partial charge on any atom is -0.343 e. The standard InChI is InChI=1S/C41H46N8O3S/c1-6-37(51)48-24(2)22-33(32-10-7-8-11-34(32)48)44-30-17-19-31(20-18-30)45-36(50)12-9-21-42-40(52)29-15-13-28(14-16-29)39-38-25(3)26(4)53-41(38)49-27(5)46-47-35(49)23-43-39/h7-8,10-11,13-16,24,30-31,33,44H,6,17-23H2,1-5H3,(H,42,52)(H,45,50)/t24-,30?,31?,33+/m0/s1. The molecule has 0 bridgehead atoms. The largest absolute Gasteiger partial charge is 0.343 e. The summed E-state index contributed by atoms with van der Waals surface area (Å²) in [4.78, 5) is 46.4. The highest BCUT2D eigenvalue weighted by Gasteiger charge is 2.34. The number of aliphatic imine (C=N–C) groups is 1. The van der Waals surface area contributed by atoms with Crippen molar-refractivity contribution in [3.05, 3.63) is 92.9 Å². The minimum absolute atomic E-state index is 0.0650. The van der Waals surface area contributed by atoms with Gasteiger partial charge in [-0.05, 0) is 95.0 Å². The fraction of sp³-hybridized carbons (Fsp3) is 0.415. The molecule has 11 nitrogen and oxygen atoms in total. The number of para-hydroxylation sites is 1. The van der Waals surface area contributed by atoms with Crippen molar-refractivity contribution in [1.82, 2.24) is 30.7 Å². The van der Waals surface area contributed by atoms with Crippen LogP contribution in [0.4, 0.5) is 5.69 Å². The van der Waals surface area contributed by atoms with Crippen LogP contribution in [0, 0.1) is 32.6 Å². The second-order valence-electron chi connectivity index (χ2n) is 14.2. The zero-order chi connectivity index (χ0) is 37.2. The maximum Gasteiger partial charge on any atom is 0.296 e. The van der Waals surface area contributed by atoms with E-state index in [1.54, 1.807) is 23.5 Å². The Morgan fingerprint density at radius 1 is 0.962 bits per heavy atom.